The highest BCUT2D eigenvalue weighted by molar-refractivity contribution is 6.10. The van der Waals surface area contributed by atoms with Gasteiger partial charge >= 0.3 is 0 Å². The van der Waals surface area contributed by atoms with E-state index < -0.39 is 0 Å². The van der Waals surface area contributed by atoms with Crippen molar-refractivity contribution in [3.05, 3.63) is 106 Å². The molecule has 0 fully saturated rings. The number of rotatable bonds is 8. The number of ether oxygens (including phenoxy) is 6. The number of hydrogen-bond donors (Lipinski definition) is 0. The third-order valence-electron chi connectivity index (χ3n) is 8.07. The summed E-state index contributed by atoms with van der Waals surface area (Å²) in [6.45, 7) is 0. The molecular formula is C34H32O6. The van der Waals surface area contributed by atoms with Crippen LogP contribution in [0, 0.1) is 0 Å². The van der Waals surface area contributed by atoms with Crippen LogP contribution in [0.5, 0.6) is 34.5 Å². The van der Waals surface area contributed by atoms with E-state index in [1.165, 1.54) is 11.1 Å². The van der Waals surface area contributed by atoms with Crippen molar-refractivity contribution in [1.29, 1.82) is 0 Å². The van der Waals surface area contributed by atoms with E-state index in [1.54, 1.807) is 42.7 Å². The molecule has 6 heteroatoms. The Kier molecular flexibility index (Phi) is 6.54. The summed E-state index contributed by atoms with van der Waals surface area (Å²) in [5, 5.41) is 0. The molecule has 0 saturated carbocycles. The summed E-state index contributed by atoms with van der Waals surface area (Å²) in [6.07, 6.45) is 0. The van der Waals surface area contributed by atoms with Crippen LogP contribution in [-0.4, -0.2) is 42.7 Å². The molecule has 40 heavy (non-hydrogen) atoms. The molecule has 0 N–H and O–H groups in total. The monoisotopic (exact) mass is 536 g/mol. The molecule has 4 aromatic carbocycles. The molecule has 0 amide bonds. The molecule has 0 heterocycles. The summed E-state index contributed by atoms with van der Waals surface area (Å²) in [5.74, 6) is 4.50. The average Bonchev–Trinajstić information content (AvgIpc) is 3.53. The van der Waals surface area contributed by atoms with E-state index in [1.807, 2.05) is 36.4 Å². The van der Waals surface area contributed by atoms with Gasteiger partial charge in [0.2, 0.25) is 0 Å². The maximum absolute atomic E-state index is 6.01. The lowest BCUT2D eigenvalue weighted by molar-refractivity contribution is 0.390. The summed E-state index contributed by atoms with van der Waals surface area (Å²) in [6, 6.07) is 24.7. The molecular weight excluding hydrogens is 504 g/mol. The van der Waals surface area contributed by atoms with Gasteiger partial charge in [-0.15, -0.1) is 0 Å². The topological polar surface area (TPSA) is 55.4 Å². The Morgan fingerprint density at radius 2 is 0.750 bits per heavy atom. The molecule has 0 bridgehead atoms. The first kappa shape index (κ1) is 25.7. The van der Waals surface area contributed by atoms with Gasteiger partial charge in [-0.2, -0.15) is 0 Å². The smallest absolute Gasteiger partial charge is 0.127 e. The van der Waals surface area contributed by atoms with E-state index in [4.69, 9.17) is 28.4 Å². The van der Waals surface area contributed by atoms with Crippen LogP contribution < -0.4 is 28.4 Å². The van der Waals surface area contributed by atoms with Crippen LogP contribution >= 0.6 is 0 Å². The minimum Gasteiger partial charge on any atom is -0.497 e. The van der Waals surface area contributed by atoms with Crippen LogP contribution in [0.25, 0.3) is 11.1 Å². The molecule has 2 aliphatic carbocycles. The Morgan fingerprint density at radius 1 is 0.400 bits per heavy atom. The fourth-order valence-corrected chi connectivity index (χ4v) is 6.28. The van der Waals surface area contributed by atoms with E-state index in [9.17, 15) is 0 Å². The summed E-state index contributed by atoms with van der Waals surface area (Å²) in [4.78, 5) is 0. The lowest BCUT2D eigenvalue weighted by Crippen LogP contribution is -2.08. The highest BCUT2D eigenvalue weighted by Gasteiger charge is 2.46. The quantitative estimate of drug-likeness (QED) is 0.243. The van der Waals surface area contributed by atoms with Crippen LogP contribution in [0.15, 0.2) is 72.8 Å². The Balaban J connectivity index is 1.70. The van der Waals surface area contributed by atoms with Gasteiger partial charge in [-0.3, -0.25) is 0 Å². The van der Waals surface area contributed by atoms with Gasteiger partial charge in [-0.1, -0.05) is 24.3 Å². The number of allylic oxidation sites excluding steroid dienone is 2. The first-order valence-corrected chi connectivity index (χ1v) is 13.1. The number of fused-ring (bicyclic) bond motifs is 4. The molecule has 204 valence electrons. The van der Waals surface area contributed by atoms with E-state index in [2.05, 4.69) is 36.4 Å². The van der Waals surface area contributed by atoms with E-state index in [0.29, 0.717) is 0 Å². The van der Waals surface area contributed by atoms with E-state index in [-0.39, 0.29) is 11.8 Å². The Bertz CT molecular complexity index is 1480. The van der Waals surface area contributed by atoms with Gasteiger partial charge in [-0.05, 0) is 69.8 Å². The molecule has 2 aliphatic rings. The summed E-state index contributed by atoms with van der Waals surface area (Å²) in [5.41, 5.74) is 9.13. The minimum atomic E-state index is -0.0874. The van der Waals surface area contributed by atoms with Gasteiger partial charge in [0, 0.05) is 35.1 Å². The van der Waals surface area contributed by atoms with Crippen LogP contribution in [0.3, 0.4) is 0 Å². The van der Waals surface area contributed by atoms with Crippen molar-refractivity contribution in [3.63, 3.8) is 0 Å². The predicted molar refractivity (Wildman–Crippen MR) is 156 cm³/mol. The van der Waals surface area contributed by atoms with Crippen LogP contribution in [0.1, 0.15) is 45.2 Å². The lowest BCUT2D eigenvalue weighted by atomic mass is 9.81. The molecule has 4 aromatic rings. The van der Waals surface area contributed by atoms with E-state index >= 15 is 0 Å². The number of benzene rings is 4. The summed E-state index contributed by atoms with van der Waals surface area (Å²) >= 11 is 0. The molecule has 6 rings (SSSR count). The van der Waals surface area contributed by atoms with Gasteiger partial charge in [0.25, 0.3) is 0 Å². The molecule has 0 spiro atoms. The third-order valence-corrected chi connectivity index (χ3v) is 8.07. The molecule has 6 nitrogen and oxygen atoms in total. The lowest BCUT2D eigenvalue weighted by Gasteiger charge is -2.25. The maximum atomic E-state index is 6.01. The van der Waals surface area contributed by atoms with Crippen molar-refractivity contribution in [2.75, 3.05) is 42.7 Å². The van der Waals surface area contributed by atoms with Crippen molar-refractivity contribution < 1.29 is 28.4 Å². The average molecular weight is 537 g/mol. The van der Waals surface area contributed by atoms with Gasteiger partial charge in [0.05, 0.1) is 42.7 Å². The van der Waals surface area contributed by atoms with Crippen molar-refractivity contribution in [2.24, 2.45) is 0 Å². The molecule has 0 radical (unpaired) electrons. The SMILES string of the molecule is COc1ccc(C2C3=C(c4cc(OC)cc(OC)c42)C(c2ccc(OC)cc2)c2c(OC)cc(OC)cc23)cc1. The molecule has 0 saturated heterocycles. The Labute approximate surface area is 234 Å². The summed E-state index contributed by atoms with van der Waals surface area (Å²) < 4.78 is 34.5. The van der Waals surface area contributed by atoms with Gasteiger partial charge < -0.3 is 28.4 Å². The molecule has 0 aliphatic heterocycles. The van der Waals surface area contributed by atoms with Gasteiger partial charge in [0.15, 0.2) is 0 Å². The van der Waals surface area contributed by atoms with E-state index in [0.717, 1.165) is 67.9 Å². The highest BCUT2D eigenvalue weighted by atomic mass is 16.5. The first-order valence-electron chi connectivity index (χ1n) is 13.1. The first-order chi connectivity index (χ1) is 19.6. The third kappa shape index (κ3) is 3.86. The Hall–Kier alpha value is -4.58. The second-order valence-corrected chi connectivity index (χ2v) is 9.82. The number of methoxy groups -OCH3 is 6. The van der Waals surface area contributed by atoms with Crippen molar-refractivity contribution >= 4 is 11.1 Å². The van der Waals surface area contributed by atoms with Crippen molar-refractivity contribution in [1.82, 2.24) is 0 Å². The fraction of sp³-hybridized carbons (Fsp3) is 0.235. The van der Waals surface area contributed by atoms with Crippen LogP contribution in [-0.2, 0) is 0 Å². The van der Waals surface area contributed by atoms with Crippen LogP contribution in [0.2, 0.25) is 0 Å². The number of hydrogen-bond acceptors (Lipinski definition) is 6. The second-order valence-electron chi connectivity index (χ2n) is 9.82. The van der Waals surface area contributed by atoms with Gasteiger partial charge in [0.1, 0.15) is 34.5 Å². The molecule has 0 aromatic heterocycles. The van der Waals surface area contributed by atoms with Crippen molar-refractivity contribution in [2.45, 2.75) is 11.8 Å². The zero-order valence-corrected chi connectivity index (χ0v) is 23.5. The Morgan fingerprint density at radius 3 is 1.05 bits per heavy atom. The molecule has 2 atom stereocenters. The second kappa shape index (κ2) is 10.2. The standard InChI is InChI=1S/C34H32O6/c1-35-21-11-7-19(8-12-21)29-31-25(15-23(37-3)17-27(31)39-5)34-30(20-9-13-22(36-2)14-10-20)32-26(33(29)34)16-24(38-4)18-28(32)40-6/h7-18,29-30H,1-6H3. The van der Waals surface area contributed by atoms with Crippen LogP contribution in [0.4, 0.5) is 0 Å². The van der Waals surface area contributed by atoms with Crippen molar-refractivity contribution in [3.8, 4) is 34.5 Å². The zero-order chi connectivity index (χ0) is 28.0. The normalized spacial score (nSPS) is 16.6. The minimum absolute atomic E-state index is 0.0874. The molecule has 2 unspecified atom stereocenters. The fourth-order valence-electron chi connectivity index (χ4n) is 6.28. The predicted octanol–water partition coefficient (Wildman–Crippen LogP) is 6.94. The zero-order valence-electron chi connectivity index (χ0n) is 23.5. The van der Waals surface area contributed by atoms with Gasteiger partial charge in [-0.25, -0.2) is 0 Å². The highest BCUT2D eigenvalue weighted by Crippen LogP contribution is 2.65. The summed E-state index contributed by atoms with van der Waals surface area (Å²) in [7, 11) is 10.2. The maximum Gasteiger partial charge on any atom is 0.127 e. The largest absolute Gasteiger partial charge is 0.497 e.